The third-order valence-electron chi connectivity index (χ3n) is 4.85. The van der Waals surface area contributed by atoms with E-state index in [1.54, 1.807) is 0 Å². The van der Waals surface area contributed by atoms with Crippen LogP contribution in [0.2, 0.25) is 0 Å². The van der Waals surface area contributed by atoms with Crippen LogP contribution in [0.5, 0.6) is 0 Å². The van der Waals surface area contributed by atoms with Crippen LogP contribution in [-0.2, 0) is 9.53 Å². The summed E-state index contributed by atoms with van der Waals surface area (Å²) in [7, 11) is 0. The number of hydrogen-bond donors (Lipinski definition) is 0. The van der Waals surface area contributed by atoms with Crippen LogP contribution in [0.3, 0.4) is 0 Å². The first-order chi connectivity index (χ1) is 9.90. The summed E-state index contributed by atoms with van der Waals surface area (Å²) in [6, 6.07) is 0. The summed E-state index contributed by atoms with van der Waals surface area (Å²) in [5.74, 6) is 2.10. The van der Waals surface area contributed by atoms with Gasteiger partial charge in [0, 0.05) is 6.42 Å². The molecule has 0 N–H and O–H groups in total. The molecule has 0 saturated carbocycles. The normalized spacial score (nSPS) is 17.0. The predicted octanol–water partition coefficient (Wildman–Crippen LogP) is 5.99. The van der Waals surface area contributed by atoms with Crippen molar-refractivity contribution < 1.29 is 9.53 Å². The van der Waals surface area contributed by atoms with E-state index < -0.39 is 0 Å². The molecule has 4 atom stereocenters. The second-order valence-electron chi connectivity index (χ2n) is 7.01. The van der Waals surface area contributed by atoms with Gasteiger partial charge in [0.05, 0.1) is 0 Å². The molecule has 0 heterocycles. The van der Waals surface area contributed by atoms with Gasteiger partial charge in [-0.15, -0.1) is 0 Å². The van der Waals surface area contributed by atoms with E-state index in [4.69, 9.17) is 4.74 Å². The average molecular weight is 299 g/mol. The molecule has 0 aliphatic heterocycles. The van der Waals surface area contributed by atoms with E-state index in [2.05, 4.69) is 27.7 Å². The minimum atomic E-state index is -0.0761. The fourth-order valence-corrected chi connectivity index (χ4v) is 2.59. The van der Waals surface area contributed by atoms with Gasteiger partial charge in [0.15, 0.2) is 0 Å². The molecule has 0 aliphatic rings. The molecular weight excluding hydrogens is 260 g/mol. The minimum Gasteiger partial charge on any atom is -0.462 e. The highest BCUT2D eigenvalue weighted by Crippen LogP contribution is 2.22. The van der Waals surface area contributed by atoms with Crippen molar-refractivity contribution in [2.45, 2.75) is 99.0 Å². The van der Waals surface area contributed by atoms with Crippen molar-refractivity contribution in [1.29, 1.82) is 0 Å². The third kappa shape index (κ3) is 10.8. The summed E-state index contributed by atoms with van der Waals surface area (Å²) in [6.07, 6.45) is 9.66. The second-order valence-corrected chi connectivity index (χ2v) is 7.01. The van der Waals surface area contributed by atoms with Gasteiger partial charge in [0.1, 0.15) is 6.10 Å². The van der Waals surface area contributed by atoms with E-state index in [0.29, 0.717) is 12.3 Å². The Bertz CT molecular complexity index is 262. The van der Waals surface area contributed by atoms with Crippen LogP contribution >= 0.6 is 0 Å². The van der Waals surface area contributed by atoms with Crippen LogP contribution < -0.4 is 0 Å². The van der Waals surface area contributed by atoms with Crippen LogP contribution in [0.15, 0.2) is 0 Å². The summed E-state index contributed by atoms with van der Waals surface area (Å²) in [5.41, 5.74) is 0. The van der Waals surface area contributed by atoms with E-state index in [0.717, 1.165) is 18.3 Å². The van der Waals surface area contributed by atoms with Gasteiger partial charge in [0.25, 0.3) is 0 Å². The van der Waals surface area contributed by atoms with Gasteiger partial charge in [-0.1, -0.05) is 73.1 Å². The fraction of sp³-hybridized carbons (Fsp3) is 0.947. The monoisotopic (exact) mass is 298 g/mol. The van der Waals surface area contributed by atoms with E-state index in [-0.39, 0.29) is 12.1 Å². The van der Waals surface area contributed by atoms with E-state index in [9.17, 15) is 4.79 Å². The van der Waals surface area contributed by atoms with Crippen molar-refractivity contribution in [3.63, 3.8) is 0 Å². The quantitative estimate of drug-likeness (QED) is 0.414. The van der Waals surface area contributed by atoms with Gasteiger partial charge in [-0.05, 0) is 31.1 Å². The van der Waals surface area contributed by atoms with Crippen LogP contribution in [0, 0.1) is 17.8 Å². The molecule has 0 amide bonds. The average Bonchev–Trinajstić information content (AvgIpc) is 2.46. The van der Waals surface area contributed by atoms with Gasteiger partial charge in [-0.2, -0.15) is 0 Å². The van der Waals surface area contributed by atoms with E-state index in [1.807, 2.05) is 13.8 Å². The van der Waals surface area contributed by atoms with Crippen LogP contribution in [0.25, 0.3) is 0 Å². The van der Waals surface area contributed by atoms with Crippen molar-refractivity contribution in [1.82, 2.24) is 0 Å². The lowest BCUT2D eigenvalue weighted by Gasteiger charge is -2.21. The maximum absolute atomic E-state index is 11.3. The van der Waals surface area contributed by atoms with Gasteiger partial charge in [-0.3, -0.25) is 4.79 Å². The minimum absolute atomic E-state index is 0.0539. The van der Waals surface area contributed by atoms with Crippen LogP contribution in [0.4, 0.5) is 0 Å². The summed E-state index contributed by atoms with van der Waals surface area (Å²) < 4.78 is 5.38. The van der Waals surface area contributed by atoms with Crippen LogP contribution in [0.1, 0.15) is 92.9 Å². The Hall–Kier alpha value is -0.530. The van der Waals surface area contributed by atoms with Crippen LogP contribution in [-0.4, -0.2) is 12.1 Å². The standard InChI is InChI=1S/C19H38O2/c1-7-15(3)11-9-12-16(4)13-10-14-17(5)18(6)21-19(20)8-2/h15-18H,7-14H2,1-6H3/t15-,16+,17-,18+/m1/s1. The van der Waals surface area contributed by atoms with Gasteiger partial charge >= 0.3 is 5.97 Å². The molecule has 0 rings (SSSR count). The lowest BCUT2D eigenvalue weighted by Crippen LogP contribution is -2.21. The van der Waals surface area contributed by atoms with Crippen molar-refractivity contribution in [3.05, 3.63) is 0 Å². The van der Waals surface area contributed by atoms with Gasteiger partial charge < -0.3 is 4.74 Å². The Kier molecular flexibility index (Phi) is 11.8. The first-order valence-electron chi connectivity index (χ1n) is 9.10. The first kappa shape index (κ1) is 20.5. The molecule has 0 spiro atoms. The van der Waals surface area contributed by atoms with E-state index in [1.165, 1.54) is 38.5 Å². The zero-order valence-electron chi connectivity index (χ0n) is 15.3. The number of carbonyl (C=O) groups excluding carboxylic acids is 1. The van der Waals surface area contributed by atoms with Crippen molar-refractivity contribution in [3.8, 4) is 0 Å². The number of esters is 1. The Morgan fingerprint density at radius 1 is 0.857 bits per heavy atom. The van der Waals surface area contributed by atoms with E-state index >= 15 is 0 Å². The highest BCUT2D eigenvalue weighted by Gasteiger charge is 2.16. The smallest absolute Gasteiger partial charge is 0.305 e. The molecule has 0 radical (unpaired) electrons. The zero-order chi connectivity index (χ0) is 16.3. The lowest BCUT2D eigenvalue weighted by atomic mass is 9.91. The molecule has 0 aliphatic carbocycles. The topological polar surface area (TPSA) is 26.3 Å². The Balaban J connectivity index is 3.69. The maximum Gasteiger partial charge on any atom is 0.305 e. The molecule has 0 unspecified atom stereocenters. The Labute approximate surface area is 133 Å². The predicted molar refractivity (Wildman–Crippen MR) is 91.3 cm³/mol. The summed E-state index contributed by atoms with van der Waals surface area (Å²) in [4.78, 5) is 11.3. The molecule has 0 aromatic rings. The lowest BCUT2D eigenvalue weighted by molar-refractivity contribution is -0.150. The van der Waals surface area contributed by atoms with Gasteiger partial charge in [0.2, 0.25) is 0 Å². The molecule has 126 valence electrons. The number of hydrogen-bond acceptors (Lipinski definition) is 2. The largest absolute Gasteiger partial charge is 0.462 e. The molecule has 0 aromatic heterocycles. The maximum atomic E-state index is 11.3. The second kappa shape index (κ2) is 12.1. The fourth-order valence-electron chi connectivity index (χ4n) is 2.59. The van der Waals surface area contributed by atoms with Crippen molar-refractivity contribution >= 4 is 5.97 Å². The number of ether oxygens (including phenoxy) is 1. The Morgan fingerprint density at radius 3 is 1.90 bits per heavy atom. The highest BCUT2D eigenvalue weighted by molar-refractivity contribution is 5.69. The summed E-state index contributed by atoms with van der Waals surface area (Å²) in [6.45, 7) is 13.1. The summed E-state index contributed by atoms with van der Waals surface area (Å²) in [5, 5.41) is 0. The molecule has 0 fully saturated rings. The SMILES string of the molecule is CCC(=O)O[C@@H](C)[C@H](C)CCC[C@@H](C)CCC[C@H](C)CC. The number of carbonyl (C=O) groups is 1. The van der Waals surface area contributed by atoms with Crippen molar-refractivity contribution in [2.24, 2.45) is 17.8 Å². The molecule has 21 heavy (non-hydrogen) atoms. The molecule has 2 heteroatoms. The van der Waals surface area contributed by atoms with Crippen molar-refractivity contribution in [2.75, 3.05) is 0 Å². The molecule has 0 aromatic carbocycles. The first-order valence-corrected chi connectivity index (χ1v) is 9.10. The Morgan fingerprint density at radius 2 is 1.38 bits per heavy atom. The summed E-state index contributed by atoms with van der Waals surface area (Å²) >= 11 is 0. The molecule has 2 nitrogen and oxygen atoms in total. The third-order valence-corrected chi connectivity index (χ3v) is 4.85. The molecule has 0 saturated heterocycles. The molecular formula is C19H38O2. The highest BCUT2D eigenvalue weighted by atomic mass is 16.5. The number of rotatable bonds is 12. The zero-order valence-corrected chi connectivity index (χ0v) is 15.3. The molecule has 0 bridgehead atoms. The van der Waals surface area contributed by atoms with Gasteiger partial charge in [-0.25, -0.2) is 0 Å².